The van der Waals surface area contributed by atoms with Crippen molar-refractivity contribution in [2.45, 2.75) is 39.7 Å². The van der Waals surface area contributed by atoms with Gasteiger partial charge in [-0.2, -0.15) is 0 Å². The van der Waals surface area contributed by atoms with Gasteiger partial charge in [-0.05, 0) is 30.9 Å². The topological polar surface area (TPSA) is 50.7 Å². The zero-order valence-electron chi connectivity index (χ0n) is 13.2. The summed E-state index contributed by atoms with van der Waals surface area (Å²) in [5.74, 6) is 1.74. The first kappa shape index (κ1) is 16.1. The molecule has 4 nitrogen and oxygen atoms in total. The maximum Gasteiger partial charge on any atom is 0.165 e. The van der Waals surface area contributed by atoms with Crippen molar-refractivity contribution < 1.29 is 14.6 Å². The van der Waals surface area contributed by atoms with E-state index in [2.05, 4.69) is 25.2 Å². The Balaban J connectivity index is 1.81. The zero-order valence-corrected chi connectivity index (χ0v) is 13.2. The Morgan fingerprint density at radius 3 is 2.86 bits per heavy atom. The average Bonchev–Trinajstić information content (AvgIpc) is 2.72. The van der Waals surface area contributed by atoms with Crippen LogP contribution in [0.15, 0.2) is 18.2 Å². The second-order valence-corrected chi connectivity index (χ2v) is 6.40. The first-order chi connectivity index (χ1) is 10.1. The molecule has 21 heavy (non-hydrogen) atoms. The lowest BCUT2D eigenvalue weighted by Gasteiger charge is -2.21. The van der Waals surface area contributed by atoms with Crippen molar-refractivity contribution in [3.8, 4) is 11.5 Å². The minimum Gasteiger partial charge on any atom is -0.490 e. The molecule has 1 aromatic carbocycles. The number of nitrogens with one attached hydrogen (secondary N) is 1. The molecule has 0 amide bonds. The van der Waals surface area contributed by atoms with Crippen molar-refractivity contribution in [3.63, 3.8) is 0 Å². The standard InChI is InChI=1S/C17H27NO3/c1-17(2,13-19)8-4-9-18-12-14-6-3-7-15-16(14)21-11-5-10-20-15/h3,6-7,18-19H,4-5,8-13H2,1-2H3. The fourth-order valence-electron chi connectivity index (χ4n) is 2.39. The Morgan fingerprint density at radius 1 is 1.24 bits per heavy atom. The third-order valence-electron chi connectivity index (χ3n) is 3.80. The average molecular weight is 293 g/mol. The predicted octanol–water partition coefficient (Wildman–Crippen LogP) is 2.74. The molecule has 1 aromatic rings. The number of fused-ring (bicyclic) bond motifs is 1. The van der Waals surface area contributed by atoms with E-state index >= 15 is 0 Å². The fourth-order valence-corrected chi connectivity index (χ4v) is 2.39. The van der Waals surface area contributed by atoms with Crippen LogP contribution in [0.1, 0.15) is 38.7 Å². The molecule has 1 heterocycles. The lowest BCUT2D eigenvalue weighted by atomic mass is 9.89. The normalized spacial score (nSPS) is 14.8. The van der Waals surface area contributed by atoms with Gasteiger partial charge in [-0.25, -0.2) is 0 Å². The monoisotopic (exact) mass is 293 g/mol. The van der Waals surface area contributed by atoms with Crippen LogP contribution in [0.25, 0.3) is 0 Å². The minimum atomic E-state index is 0.0163. The molecule has 0 spiro atoms. The molecule has 0 saturated carbocycles. The SMILES string of the molecule is CC(C)(CO)CCCNCc1cccc2c1OCCCO2. The summed E-state index contributed by atoms with van der Waals surface area (Å²) in [5.41, 5.74) is 1.17. The summed E-state index contributed by atoms with van der Waals surface area (Å²) in [6.45, 7) is 7.59. The summed E-state index contributed by atoms with van der Waals surface area (Å²) in [6.07, 6.45) is 3.00. The van der Waals surface area contributed by atoms with E-state index in [-0.39, 0.29) is 12.0 Å². The lowest BCUT2D eigenvalue weighted by Crippen LogP contribution is -2.21. The van der Waals surface area contributed by atoms with Gasteiger partial charge in [0, 0.05) is 25.1 Å². The lowest BCUT2D eigenvalue weighted by molar-refractivity contribution is 0.148. The number of para-hydroxylation sites is 1. The van der Waals surface area contributed by atoms with Crippen LogP contribution in [0.4, 0.5) is 0 Å². The van der Waals surface area contributed by atoms with Crippen LogP contribution in [0.5, 0.6) is 11.5 Å². The molecule has 0 fully saturated rings. The smallest absolute Gasteiger partial charge is 0.165 e. The molecule has 0 radical (unpaired) electrons. The second-order valence-electron chi connectivity index (χ2n) is 6.40. The van der Waals surface area contributed by atoms with Gasteiger partial charge in [0.2, 0.25) is 0 Å². The summed E-state index contributed by atoms with van der Waals surface area (Å²) in [6, 6.07) is 6.06. The molecule has 2 rings (SSSR count). The van der Waals surface area contributed by atoms with Crippen LogP contribution in [-0.2, 0) is 6.54 Å². The highest BCUT2D eigenvalue weighted by atomic mass is 16.5. The summed E-state index contributed by atoms with van der Waals surface area (Å²) in [7, 11) is 0. The highest BCUT2D eigenvalue weighted by Crippen LogP contribution is 2.33. The number of ether oxygens (including phenoxy) is 2. The molecule has 0 atom stereocenters. The Kier molecular flexibility index (Phi) is 5.88. The number of hydrogen-bond donors (Lipinski definition) is 2. The zero-order chi connectivity index (χ0) is 15.1. The third-order valence-corrected chi connectivity index (χ3v) is 3.80. The molecule has 0 unspecified atom stereocenters. The Bertz CT molecular complexity index is 446. The van der Waals surface area contributed by atoms with Gasteiger partial charge in [0.05, 0.1) is 13.2 Å². The fraction of sp³-hybridized carbons (Fsp3) is 0.647. The Morgan fingerprint density at radius 2 is 2.05 bits per heavy atom. The number of benzene rings is 1. The van der Waals surface area contributed by atoms with Gasteiger partial charge in [0.25, 0.3) is 0 Å². The van der Waals surface area contributed by atoms with E-state index in [0.29, 0.717) is 6.61 Å². The third kappa shape index (κ3) is 4.90. The van der Waals surface area contributed by atoms with Gasteiger partial charge in [0.1, 0.15) is 0 Å². The Hall–Kier alpha value is -1.26. The van der Waals surface area contributed by atoms with Crippen LogP contribution in [0.3, 0.4) is 0 Å². The first-order valence-corrected chi connectivity index (χ1v) is 7.81. The van der Waals surface area contributed by atoms with Crippen LogP contribution in [-0.4, -0.2) is 31.5 Å². The van der Waals surface area contributed by atoms with E-state index in [1.807, 2.05) is 12.1 Å². The summed E-state index contributed by atoms with van der Waals surface area (Å²) < 4.78 is 11.5. The van der Waals surface area contributed by atoms with E-state index < -0.39 is 0 Å². The van der Waals surface area contributed by atoms with E-state index in [9.17, 15) is 5.11 Å². The summed E-state index contributed by atoms with van der Waals surface area (Å²) in [4.78, 5) is 0. The highest BCUT2D eigenvalue weighted by molar-refractivity contribution is 5.46. The molecule has 0 aromatic heterocycles. The highest BCUT2D eigenvalue weighted by Gasteiger charge is 2.16. The van der Waals surface area contributed by atoms with Crippen LogP contribution in [0.2, 0.25) is 0 Å². The van der Waals surface area contributed by atoms with Crippen LogP contribution >= 0.6 is 0 Å². The largest absolute Gasteiger partial charge is 0.490 e. The summed E-state index contributed by atoms with van der Waals surface area (Å²) >= 11 is 0. The molecule has 0 aliphatic carbocycles. The van der Waals surface area contributed by atoms with E-state index in [0.717, 1.165) is 56.0 Å². The first-order valence-electron chi connectivity index (χ1n) is 7.81. The van der Waals surface area contributed by atoms with Gasteiger partial charge in [-0.15, -0.1) is 0 Å². The van der Waals surface area contributed by atoms with Gasteiger partial charge in [-0.1, -0.05) is 26.0 Å². The van der Waals surface area contributed by atoms with Crippen molar-refractivity contribution in [1.82, 2.24) is 5.32 Å². The minimum absolute atomic E-state index is 0.0163. The molecule has 2 N–H and O–H groups in total. The summed E-state index contributed by atoms with van der Waals surface area (Å²) in [5, 5.41) is 12.7. The Labute approximate surface area is 127 Å². The molecule has 1 aliphatic rings. The van der Waals surface area contributed by atoms with Crippen molar-refractivity contribution >= 4 is 0 Å². The van der Waals surface area contributed by atoms with Crippen molar-refractivity contribution in [2.24, 2.45) is 5.41 Å². The quantitative estimate of drug-likeness (QED) is 0.759. The van der Waals surface area contributed by atoms with Crippen LogP contribution in [0, 0.1) is 5.41 Å². The molecule has 4 heteroatoms. The number of hydrogen-bond acceptors (Lipinski definition) is 4. The molecular weight excluding hydrogens is 266 g/mol. The molecule has 118 valence electrons. The molecule has 0 bridgehead atoms. The number of rotatable bonds is 7. The second kappa shape index (κ2) is 7.66. The maximum absolute atomic E-state index is 9.24. The van der Waals surface area contributed by atoms with Gasteiger partial charge in [-0.3, -0.25) is 0 Å². The molecular formula is C17H27NO3. The van der Waals surface area contributed by atoms with Crippen molar-refractivity contribution in [2.75, 3.05) is 26.4 Å². The van der Waals surface area contributed by atoms with E-state index in [1.54, 1.807) is 0 Å². The number of aliphatic hydroxyl groups excluding tert-OH is 1. The van der Waals surface area contributed by atoms with Gasteiger partial charge in [0.15, 0.2) is 11.5 Å². The van der Waals surface area contributed by atoms with Crippen LogP contribution < -0.4 is 14.8 Å². The van der Waals surface area contributed by atoms with E-state index in [1.165, 1.54) is 0 Å². The van der Waals surface area contributed by atoms with E-state index in [4.69, 9.17) is 9.47 Å². The van der Waals surface area contributed by atoms with Crippen molar-refractivity contribution in [3.05, 3.63) is 23.8 Å². The molecule has 1 aliphatic heterocycles. The maximum atomic E-state index is 9.24. The van der Waals surface area contributed by atoms with Crippen molar-refractivity contribution in [1.29, 1.82) is 0 Å². The van der Waals surface area contributed by atoms with Gasteiger partial charge >= 0.3 is 0 Å². The predicted molar refractivity (Wildman–Crippen MR) is 83.9 cm³/mol. The van der Waals surface area contributed by atoms with Gasteiger partial charge < -0.3 is 19.9 Å². The number of aliphatic hydroxyl groups is 1. The molecule has 0 saturated heterocycles.